The van der Waals surface area contributed by atoms with E-state index < -0.39 is 0 Å². The second-order valence-corrected chi connectivity index (χ2v) is 5.99. The largest absolute Gasteiger partial charge is 0.462 e. The fourth-order valence-electron chi connectivity index (χ4n) is 2.31. The minimum Gasteiger partial charge on any atom is -0.462 e. The van der Waals surface area contributed by atoms with Crippen molar-refractivity contribution < 1.29 is 9.53 Å². The van der Waals surface area contributed by atoms with Gasteiger partial charge in [0.2, 0.25) is 0 Å². The Morgan fingerprint density at radius 3 is 2.42 bits per heavy atom. The molecule has 0 amide bonds. The van der Waals surface area contributed by atoms with Crippen molar-refractivity contribution in [3.05, 3.63) is 53.8 Å². The molecule has 2 nitrogen and oxygen atoms in total. The number of ketones is 1. The molecule has 0 heterocycles. The molecular formula is C17H20O2. The number of hydrogen-bond acceptors (Lipinski definition) is 2. The molecule has 2 rings (SSSR count). The number of rotatable bonds is 3. The number of allylic oxidation sites excluding steroid dienone is 2. The summed E-state index contributed by atoms with van der Waals surface area (Å²) in [7, 11) is 0. The van der Waals surface area contributed by atoms with E-state index in [1.54, 1.807) is 6.08 Å². The van der Waals surface area contributed by atoms with Crippen LogP contribution in [0.15, 0.2) is 42.7 Å². The van der Waals surface area contributed by atoms with Crippen LogP contribution in [0.1, 0.15) is 37.8 Å². The van der Waals surface area contributed by atoms with Crippen molar-refractivity contribution in [3.8, 4) is 0 Å². The van der Waals surface area contributed by atoms with E-state index >= 15 is 0 Å². The molecule has 100 valence electrons. The van der Waals surface area contributed by atoms with Gasteiger partial charge in [-0.3, -0.25) is 4.79 Å². The van der Waals surface area contributed by atoms with Gasteiger partial charge in [-0.1, -0.05) is 50.3 Å². The topological polar surface area (TPSA) is 26.3 Å². The lowest BCUT2D eigenvalue weighted by Gasteiger charge is -2.28. The molecule has 1 aromatic carbocycles. The predicted octanol–water partition coefficient (Wildman–Crippen LogP) is 4.26. The first kappa shape index (κ1) is 13.6. The molecule has 0 saturated heterocycles. The highest BCUT2D eigenvalue weighted by Gasteiger charge is 2.28. The first-order chi connectivity index (χ1) is 8.85. The predicted molar refractivity (Wildman–Crippen MR) is 77.4 cm³/mol. The van der Waals surface area contributed by atoms with Crippen LogP contribution in [0, 0.1) is 12.3 Å². The Kier molecular flexibility index (Phi) is 3.61. The van der Waals surface area contributed by atoms with Gasteiger partial charge < -0.3 is 4.74 Å². The van der Waals surface area contributed by atoms with Crippen molar-refractivity contribution >= 4 is 11.5 Å². The Hall–Kier alpha value is -1.83. The number of carbonyl (C=O) groups excluding carboxylic acids is 1. The van der Waals surface area contributed by atoms with E-state index in [1.165, 1.54) is 5.56 Å². The monoisotopic (exact) mass is 256 g/mol. The molecule has 0 fully saturated rings. The van der Waals surface area contributed by atoms with Crippen LogP contribution < -0.4 is 0 Å². The highest BCUT2D eigenvalue weighted by Crippen LogP contribution is 2.35. The van der Waals surface area contributed by atoms with Crippen LogP contribution in [0.3, 0.4) is 0 Å². The summed E-state index contributed by atoms with van der Waals surface area (Å²) in [4.78, 5) is 11.7. The number of ether oxygens (including phenoxy) is 1. The normalized spacial score (nSPS) is 17.8. The maximum atomic E-state index is 11.7. The molecule has 1 aliphatic carbocycles. The van der Waals surface area contributed by atoms with Crippen LogP contribution in [-0.2, 0) is 9.53 Å². The summed E-state index contributed by atoms with van der Waals surface area (Å²) in [6.45, 7) is 10.1. The third kappa shape index (κ3) is 3.57. The standard InChI is InChI=1S/C17H20O2/c1-12-5-7-14(8-6-12)13(2)19-16-9-15(18)10-17(3,4)11-16/h5-9H,2,10-11H2,1,3-4H3. The quantitative estimate of drug-likeness (QED) is 0.755. The summed E-state index contributed by atoms with van der Waals surface area (Å²) < 4.78 is 5.77. The Balaban J connectivity index is 2.11. The van der Waals surface area contributed by atoms with Gasteiger partial charge in [0.05, 0.1) is 0 Å². The number of aryl methyl sites for hydroxylation is 1. The summed E-state index contributed by atoms with van der Waals surface area (Å²) in [5, 5.41) is 0. The van der Waals surface area contributed by atoms with E-state index in [4.69, 9.17) is 4.74 Å². The van der Waals surface area contributed by atoms with Gasteiger partial charge in [0.15, 0.2) is 5.78 Å². The van der Waals surface area contributed by atoms with E-state index in [2.05, 4.69) is 20.4 Å². The second-order valence-electron chi connectivity index (χ2n) is 5.99. The lowest BCUT2D eigenvalue weighted by molar-refractivity contribution is -0.117. The van der Waals surface area contributed by atoms with Gasteiger partial charge in [0, 0.05) is 24.5 Å². The fraction of sp³-hybridized carbons (Fsp3) is 0.353. The SMILES string of the molecule is C=C(OC1=CC(=O)CC(C)(C)C1)c1ccc(C)cc1. The zero-order chi connectivity index (χ0) is 14.0. The minimum atomic E-state index is -0.0330. The molecule has 0 radical (unpaired) electrons. The van der Waals surface area contributed by atoms with Crippen LogP contribution >= 0.6 is 0 Å². The average Bonchev–Trinajstić information content (AvgIpc) is 2.26. The zero-order valence-corrected chi connectivity index (χ0v) is 11.8. The maximum absolute atomic E-state index is 11.7. The van der Waals surface area contributed by atoms with Gasteiger partial charge in [-0.05, 0) is 12.3 Å². The Morgan fingerprint density at radius 1 is 1.21 bits per heavy atom. The van der Waals surface area contributed by atoms with Crippen LogP contribution in [0.25, 0.3) is 5.76 Å². The van der Waals surface area contributed by atoms with E-state index in [0.717, 1.165) is 12.0 Å². The van der Waals surface area contributed by atoms with E-state index in [9.17, 15) is 4.79 Å². The molecule has 0 N–H and O–H groups in total. The molecule has 0 atom stereocenters. The highest BCUT2D eigenvalue weighted by atomic mass is 16.5. The highest BCUT2D eigenvalue weighted by molar-refractivity contribution is 5.91. The van der Waals surface area contributed by atoms with Crippen LogP contribution in [0.5, 0.6) is 0 Å². The summed E-state index contributed by atoms with van der Waals surface area (Å²) in [6, 6.07) is 8.00. The maximum Gasteiger partial charge on any atom is 0.159 e. The van der Waals surface area contributed by atoms with Crippen molar-refractivity contribution in [1.82, 2.24) is 0 Å². The molecule has 0 unspecified atom stereocenters. The molecule has 1 aromatic rings. The lowest BCUT2D eigenvalue weighted by atomic mass is 9.79. The Labute approximate surface area is 114 Å². The van der Waals surface area contributed by atoms with Gasteiger partial charge >= 0.3 is 0 Å². The van der Waals surface area contributed by atoms with Crippen LogP contribution in [-0.4, -0.2) is 5.78 Å². The molecular weight excluding hydrogens is 236 g/mol. The first-order valence-corrected chi connectivity index (χ1v) is 6.53. The van der Waals surface area contributed by atoms with E-state index in [-0.39, 0.29) is 11.2 Å². The number of hydrogen-bond donors (Lipinski definition) is 0. The van der Waals surface area contributed by atoms with E-state index in [1.807, 2.05) is 31.2 Å². The van der Waals surface area contributed by atoms with Crippen molar-refractivity contribution in [1.29, 1.82) is 0 Å². The van der Waals surface area contributed by atoms with Crippen molar-refractivity contribution in [2.75, 3.05) is 0 Å². The van der Waals surface area contributed by atoms with Crippen molar-refractivity contribution in [2.45, 2.75) is 33.6 Å². The number of benzene rings is 1. The van der Waals surface area contributed by atoms with Gasteiger partial charge in [0.1, 0.15) is 11.5 Å². The third-order valence-electron chi connectivity index (χ3n) is 3.26. The smallest absolute Gasteiger partial charge is 0.159 e. The van der Waals surface area contributed by atoms with Crippen LogP contribution in [0.4, 0.5) is 0 Å². The lowest BCUT2D eigenvalue weighted by Crippen LogP contribution is -2.22. The average molecular weight is 256 g/mol. The van der Waals surface area contributed by atoms with Gasteiger partial charge in [-0.2, -0.15) is 0 Å². The fourth-order valence-corrected chi connectivity index (χ4v) is 2.31. The molecule has 0 aromatic heterocycles. The second kappa shape index (κ2) is 5.04. The molecule has 0 spiro atoms. The van der Waals surface area contributed by atoms with Crippen molar-refractivity contribution in [3.63, 3.8) is 0 Å². The summed E-state index contributed by atoms with van der Waals surface area (Å²) in [6.07, 6.45) is 2.95. The third-order valence-corrected chi connectivity index (χ3v) is 3.26. The van der Waals surface area contributed by atoms with Crippen LogP contribution in [0.2, 0.25) is 0 Å². The summed E-state index contributed by atoms with van der Waals surface area (Å²) in [5.74, 6) is 1.44. The van der Waals surface area contributed by atoms with Gasteiger partial charge in [-0.15, -0.1) is 0 Å². The molecule has 0 bridgehead atoms. The zero-order valence-electron chi connectivity index (χ0n) is 11.8. The van der Waals surface area contributed by atoms with Crippen molar-refractivity contribution in [2.24, 2.45) is 5.41 Å². The van der Waals surface area contributed by atoms with Gasteiger partial charge in [-0.25, -0.2) is 0 Å². The molecule has 2 heteroatoms. The summed E-state index contributed by atoms with van der Waals surface area (Å²) in [5.41, 5.74) is 2.11. The molecule has 19 heavy (non-hydrogen) atoms. The van der Waals surface area contributed by atoms with Gasteiger partial charge in [0.25, 0.3) is 0 Å². The Bertz CT molecular complexity index is 533. The first-order valence-electron chi connectivity index (χ1n) is 6.53. The molecule has 0 saturated carbocycles. The van der Waals surface area contributed by atoms with E-state index in [0.29, 0.717) is 17.9 Å². The number of carbonyl (C=O) groups is 1. The molecule has 1 aliphatic rings. The summed E-state index contributed by atoms with van der Waals surface area (Å²) >= 11 is 0. The molecule has 0 aliphatic heterocycles. The minimum absolute atomic E-state index is 0.0330. The Morgan fingerprint density at radius 2 is 1.84 bits per heavy atom.